The van der Waals surface area contributed by atoms with Crippen LogP contribution in [0.4, 0.5) is 24.5 Å². The average molecular weight is 551 g/mol. The van der Waals surface area contributed by atoms with E-state index >= 15 is 0 Å². The number of nitrogens with one attached hydrogen (secondary N) is 1. The number of carbonyl (C=O) groups excluding carboxylic acids is 4. The first-order chi connectivity index (χ1) is 19.1. The summed E-state index contributed by atoms with van der Waals surface area (Å²) < 4.78 is 43.5. The molecule has 1 saturated carbocycles. The molecule has 1 saturated heterocycles. The van der Waals surface area contributed by atoms with E-state index in [1.165, 1.54) is 35.2 Å². The molecule has 0 aromatic heterocycles. The van der Waals surface area contributed by atoms with Gasteiger partial charge in [-0.25, -0.2) is 4.79 Å². The van der Waals surface area contributed by atoms with Gasteiger partial charge < -0.3 is 10.1 Å². The Morgan fingerprint density at radius 3 is 2.27 bits per heavy atom. The molecule has 3 atom stereocenters. The van der Waals surface area contributed by atoms with Crippen molar-refractivity contribution in [2.75, 3.05) is 16.8 Å². The van der Waals surface area contributed by atoms with E-state index in [1.54, 1.807) is 0 Å². The SMILES string of the molecule is O=C(COC(=O)c1ccc(N2C(=O)[C@H]3C[C@@H](c4ccccc4)CC[C@H]3C2=O)cc1)Nc1cccc(C(F)(F)F)c1. The summed E-state index contributed by atoms with van der Waals surface area (Å²) in [5.41, 5.74) is 0.574. The number of hydrogen-bond donors (Lipinski definition) is 1. The smallest absolute Gasteiger partial charge is 0.416 e. The molecular weight excluding hydrogens is 525 g/mol. The van der Waals surface area contributed by atoms with Crippen molar-refractivity contribution in [3.05, 3.63) is 95.6 Å². The highest BCUT2D eigenvalue weighted by molar-refractivity contribution is 6.22. The van der Waals surface area contributed by atoms with Gasteiger partial charge in [0.05, 0.1) is 28.7 Å². The van der Waals surface area contributed by atoms with E-state index in [2.05, 4.69) is 5.32 Å². The number of hydrogen-bond acceptors (Lipinski definition) is 5. The van der Waals surface area contributed by atoms with Gasteiger partial charge in [-0.05, 0) is 73.2 Å². The van der Waals surface area contributed by atoms with E-state index in [0.29, 0.717) is 18.5 Å². The number of carbonyl (C=O) groups is 4. The molecule has 2 fully saturated rings. The predicted molar refractivity (Wildman–Crippen MR) is 139 cm³/mol. The number of esters is 1. The monoisotopic (exact) mass is 550 g/mol. The molecule has 10 heteroatoms. The van der Waals surface area contributed by atoms with Crippen LogP contribution in [-0.2, 0) is 25.3 Å². The summed E-state index contributed by atoms with van der Waals surface area (Å²) in [5.74, 6) is -2.71. The molecule has 3 amide bonds. The van der Waals surface area contributed by atoms with Crippen LogP contribution < -0.4 is 10.2 Å². The Bertz CT molecular complexity index is 1440. The summed E-state index contributed by atoms with van der Waals surface area (Å²) in [7, 11) is 0. The average Bonchev–Trinajstić information content (AvgIpc) is 3.20. The van der Waals surface area contributed by atoms with E-state index < -0.39 is 36.1 Å². The molecule has 0 spiro atoms. The van der Waals surface area contributed by atoms with Crippen LogP contribution in [0.15, 0.2) is 78.9 Å². The van der Waals surface area contributed by atoms with Crippen LogP contribution >= 0.6 is 0 Å². The second kappa shape index (κ2) is 11.0. The van der Waals surface area contributed by atoms with Gasteiger partial charge in [-0.1, -0.05) is 36.4 Å². The summed E-state index contributed by atoms with van der Waals surface area (Å²) in [6.07, 6.45) is -2.52. The van der Waals surface area contributed by atoms with E-state index in [-0.39, 0.29) is 34.9 Å². The third-order valence-corrected chi connectivity index (χ3v) is 7.37. The Morgan fingerprint density at radius 2 is 1.57 bits per heavy atom. The summed E-state index contributed by atoms with van der Waals surface area (Å²) in [6, 6.07) is 19.7. The lowest BCUT2D eigenvalue weighted by Crippen LogP contribution is -2.30. The van der Waals surface area contributed by atoms with Gasteiger partial charge in [0, 0.05) is 5.69 Å². The van der Waals surface area contributed by atoms with Crippen molar-refractivity contribution in [3.8, 4) is 0 Å². The highest BCUT2D eigenvalue weighted by Crippen LogP contribution is 2.45. The number of fused-ring (bicyclic) bond motifs is 1. The fourth-order valence-corrected chi connectivity index (χ4v) is 5.39. The third-order valence-electron chi connectivity index (χ3n) is 7.37. The topological polar surface area (TPSA) is 92.8 Å². The maximum atomic E-state index is 13.3. The highest BCUT2D eigenvalue weighted by Gasteiger charge is 2.50. The van der Waals surface area contributed by atoms with Gasteiger partial charge in [0.15, 0.2) is 6.61 Å². The fourth-order valence-electron chi connectivity index (χ4n) is 5.39. The highest BCUT2D eigenvalue weighted by atomic mass is 19.4. The Kier molecular flexibility index (Phi) is 7.42. The molecule has 206 valence electrons. The summed E-state index contributed by atoms with van der Waals surface area (Å²) in [4.78, 5) is 52.1. The molecule has 1 aliphatic heterocycles. The van der Waals surface area contributed by atoms with Crippen molar-refractivity contribution in [2.45, 2.75) is 31.4 Å². The maximum Gasteiger partial charge on any atom is 0.416 e. The number of alkyl halides is 3. The zero-order valence-corrected chi connectivity index (χ0v) is 21.2. The van der Waals surface area contributed by atoms with Crippen LogP contribution in [0.5, 0.6) is 0 Å². The number of nitrogens with zero attached hydrogens (tertiary/aromatic N) is 1. The van der Waals surface area contributed by atoms with Crippen LogP contribution in [0.3, 0.4) is 0 Å². The maximum absolute atomic E-state index is 13.3. The predicted octanol–water partition coefficient (Wildman–Crippen LogP) is 5.57. The number of imide groups is 1. The molecule has 1 N–H and O–H groups in total. The van der Waals surface area contributed by atoms with Crippen molar-refractivity contribution >= 4 is 35.1 Å². The molecule has 7 nitrogen and oxygen atoms in total. The van der Waals surface area contributed by atoms with Crippen molar-refractivity contribution < 1.29 is 37.1 Å². The zero-order chi connectivity index (χ0) is 28.4. The number of amides is 3. The molecule has 1 aliphatic carbocycles. The fraction of sp³-hybridized carbons (Fsp3) is 0.267. The van der Waals surface area contributed by atoms with E-state index in [9.17, 15) is 32.3 Å². The minimum Gasteiger partial charge on any atom is -0.452 e. The van der Waals surface area contributed by atoms with E-state index in [0.717, 1.165) is 30.2 Å². The first-order valence-corrected chi connectivity index (χ1v) is 12.8. The van der Waals surface area contributed by atoms with Crippen LogP contribution in [0, 0.1) is 11.8 Å². The van der Waals surface area contributed by atoms with Crippen LogP contribution in [-0.4, -0.2) is 30.3 Å². The lowest BCUT2D eigenvalue weighted by atomic mass is 9.73. The van der Waals surface area contributed by atoms with E-state index in [4.69, 9.17) is 4.74 Å². The molecule has 0 radical (unpaired) electrons. The molecule has 40 heavy (non-hydrogen) atoms. The van der Waals surface area contributed by atoms with Crippen molar-refractivity contribution in [2.24, 2.45) is 11.8 Å². The van der Waals surface area contributed by atoms with Crippen molar-refractivity contribution in [1.29, 1.82) is 0 Å². The molecular formula is C30H25F3N2O5. The first-order valence-electron chi connectivity index (χ1n) is 12.8. The van der Waals surface area contributed by atoms with Gasteiger partial charge in [-0.2, -0.15) is 13.2 Å². The van der Waals surface area contributed by atoms with Gasteiger partial charge in [0.25, 0.3) is 5.91 Å². The number of ether oxygens (including phenoxy) is 1. The number of anilines is 2. The lowest BCUT2D eigenvalue weighted by molar-refractivity contribution is -0.137. The second-order valence-electron chi connectivity index (χ2n) is 9.90. The molecule has 3 aromatic rings. The number of benzene rings is 3. The lowest BCUT2D eigenvalue weighted by Gasteiger charge is -2.28. The Labute approximate surface area is 227 Å². The molecule has 1 heterocycles. The van der Waals surface area contributed by atoms with Crippen LogP contribution in [0.2, 0.25) is 0 Å². The third kappa shape index (κ3) is 5.61. The Balaban J connectivity index is 1.18. The number of halogens is 3. The van der Waals surface area contributed by atoms with Gasteiger partial charge in [0.2, 0.25) is 11.8 Å². The normalized spacial score (nSPS) is 20.7. The summed E-state index contributed by atoms with van der Waals surface area (Å²) in [6.45, 7) is -0.716. The van der Waals surface area contributed by atoms with E-state index in [1.807, 2.05) is 30.3 Å². The summed E-state index contributed by atoms with van der Waals surface area (Å²) >= 11 is 0. The van der Waals surface area contributed by atoms with Gasteiger partial charge in [0.1, 0.15) is 0 Å². The standard InChI is InChI=1S/C30H25F3N2O5/c31-30(32,33)21-7-4-8-22(16-21)34-26(36)17-40-29(39)19-9-12-23(13-10-19)35-27(37)24-14-11-20(15-25(24)28(35)38)18-5-2-1-3-6-18/h1-10,12-13,16,20,24-25H,11,14-15,17H2,(H,34,36)/t20-,24+,25-/m0/s1. The first kappa shape index (κ1) is 27.1. The Morgan fingerprint density at radius 1 is 0.875 bits per heavy atom. The van der Waals surface area contributed by atoms with Crippen LogP contribution in [0.1, 0.15) is 46.7 Å². The van der Waals surface area contributed by atoms with Crippen molar-refractivity contribution in [1.82, 2.24) is 0 Å². The molecule has 0 unspecified atom stereocenters. The number of rotatable bonds is 6. The largest absolute Gasteiger partial charge is 0.452 e. The van der Waals surface area contributed by atoms with Crippen LogP contribution in [0.25, 0.3) is 0 Å². The zero-order valence-electron chi connectivity index (χ0n) is 21.2. The van der Waals surface area contributed by atoms with Gasteiger partial charge in [-0.3, -0.25) is 19.3 Å². The summed E-state index contributed by atoms with van der Waals surface area (Å²) in [5, 5.41) is 2.26. The van der Waals surface area contributed by atoms with Crippen molar-refractivity contribution in [3.63, 3.8) is 0 Å². The molecule has 2 aliphatic rings. The van der Waals surface area contributed by atoms with Gasteiger partial charge >= 0.3 is 12.1 Å². The second-order valence-corrected chi connectivity index (χ2v) is 9.90. The molecule has 0 bridgehead atoms. The molecule has 5 rings (SSSR count). The van der Waals surface area contributed by atoms with Gasteiger partial charge in [-0.15, -0.1) is 0 Å². The Hall–Kier alpha value is -4.47. The quantitative estimate of drug-likeness (QED) is 0.320. The molecule has 3 aromatic carbocycles. The minimum absolute atomic E-state index is 0.0799. The minimum atomic E-state index is -4.56.